The van der Waals surface area contributed by atoms with E-state index in [-0.39, 0.29) is 0 Å². The van der Waals surface area contributed by atoms with Gasteiger partial charge in [-0.05, 0) is 55.8 Å². The number of ether oxygens (including phenoxy) is 2. The lowest BCUT2D eigenvalue weighted by Gasteiger charge is -2.14. The van der Waals surface area contributed by atoms with E-state index in [9.17, 15) is 9.59 Å². The van der Waals surface area contributed by atoms with Crippen molar-refractivity contribution in [2.75, 3.05) is 11.9 Å². The predicted molar refractivity (Wildman–Crippen MR) is 107 cm³/mol. The second kappa shape index (κ2) is 9.50. The van der Waals surface area contributed by atoms with E-state index in [1.54, 1.807) is 47.4 Å². The van der Waals surface area contributed by atoms with E-state index < -0.39 is 18.0 Å². The average molecular weight is 394 g/mol. The van der Waals surface area contributed by atoms with Gasteiger partial charge in [0.2, 0.25) is 0 Å². The molecular weight excluding hydrogens is 372 g/mol. The highest BCUT2D eigenvalue weighted by atomic mass is 16.5. The van der Waals surface area contributed by atoms with Gasteiger partial charge in [-0.15, -0.1) is 0 Å². The van der Waals surface area contributed by atoms with E-state index in [1.807, 2.05) is 19.1 Å². The summed E-state index contributed by atoms with van der Waals surface area (Å²) in [5.74, 6) is -0.255. The zero-order chi connectivity index (χ0) is 20.6. The van der Waals surface area contributed by atoms with Crippen LogP contribution >= 0.6 is 0 Å². The largest absolute Gasteiger partial charge is 0.494 e. The fourth-order valence-electron chi connectivity index (χ4n) is 2.57. The second-order valence-corrected chi connectivity index (χ2v) is 6.28. The molecule has 1 N–H and O–H groups in total. The predicted octanol–water partition coefficient (Wildman–Crippen LogP) is 2.91. The van der Waals surface area contributed by atoms with E-state index in [0.29, 0.717) is 24.4 Å². The summed E-state index contributed by atoms with van der Waals surface area (Å²) < 4.78 is 12.3. The highest BCUT2D eigenvalue weighted by Crippen LogP contribution is 2.16. The van der Waals surface area contributed by atoms with Gasteiger partial charge >= 0.3 is 5.97 Å². The van der Waals surface area contributed by atoms with Gasteiger partial charge in [-0.25, -0.2) is 14.5 Å². The molecule has 0 fully saturated rings. The SMILES string of the molecule is CCOc1ccc(NC(=O)C(C)OC(=O)c2ccc(Cn3cncn3)cc2)cc1. The zero-order valence-electron chi connectivity index (χ0n) is 16.2. The van der Waals surface area contributed by atoms with Gasteiger partial charge in [0.05, 0.1) is 18.7 Å². The number of benzene rings is 2. The third kappa shape index (κ3) is 5.65. The fraction of sp³-hybridized carbons (Fsp3) is 0.238. The Morgan fingerprint density at radius 1 is 1.10 bits per heavy atom. The molecule has 8 nitrogen and oxygen atoms in total. The van der Waals surface area contributed by atoms with Crippen molar-refractivity contribution in [2.24, 2.45) is 0 Å². The van der Waals surface area contributed by atoms with Crippen LogP contribution in [0.2, 0.25) is 0 Å². The highest BCUT2D eigenvalue weighted by molar-refractivity contribution is 5.97. The lowest BCUT2D eigenvalue weighted by atomic mass is 10.1. The first-order valence-electron chi connectivity index (χ1n) is 9.21. The number of rotatable bonds is 8. The molecule has 1 aromatic heterocycles. The highest BCUT2D eigenvalue weighted by Gasteiger charge is 2.19. The van der Waals surface area contributed by atoms with Gasteiger partial charge in [-0.3, -0.25) is 4.79 Å². The van der Waals surface area contributed by atoms with Crippen molar-refractivity contribution in [1.82, 2.24) is 14.8 Å². The smallest absolute Gasteiger partial charge is 0.338 e. The Hall–Kier alpha value is -3.68. The Morgan fingerprint density at radius 3 is 2.45 bits per heavy atom. The molecule has 150 valence electrons. The van der Waals surface area contributed by atoms with Crippen LogP contribution in [0.5, 0.6) is 5.75 Å². The van der Waals surface area contributed by atoms with Crippen LogP contribution in [-0.4, -0.2) is 39.4 Å². The molecule has 1 unspecified atom stereocenters. The normalized spacial score (nSPS) is 11.5. The summed E-state index contributed by atoms with van der Waals surface area (Å²) in [7, 11) is 0. The monoisotopic (exact) mass is 394 g/mol. The van der Waals surface area contributed by atoms with Crippen LogP contribution in [-0.2, 0) is 16.1 Å². The average Bonchev–Trinajstić information content (AvgIpc) is 3.23. The number of hydrogen-bond donors (Lipinski definition) is 1. The minimum atomic E-state index is -0.941. The molecule has 0 radical (unpaired) electrons. The standard InChI is InChI=1S/C21H22N4O4/c1-3-28-19-10-8-18(9-11-19)24-20(26)15(2)29-21(27)17-6-4-16(5-7-17)12-25-14-22-13-23-25/h4-11,13-15H,3,12H2,1-2H3,(H,24,26). The molecule has 0 saturated carbocycles. The van der Waals surface area contributed by atoms with Crippen LogP contribution in [0, 0.1) is 0 Å². The van der Waals surface area contributed by atoms with Crippen molar-refractivity contribution >= 4 is 17.6 Å². The van der Waals surface area contributed by atoms with E-state index >= 15 is 0 Å². The molecule has 29 heavy (non-hydrogen) atoms. The molecule has 0 saturated heterocycles. The van der Waals surface area contributed by atoms with Crippen LogP contribution in [0.25, 0.3) is 0 Å². The van der Waals surface area contributed by atoms with E-state index in [4.69, 9.17) is 9.47 Å². The molecule has 3 rings (SSSR count). The Balaban J connectivity index is 1.53. The Kier molecular flexibility index (Phi) is 6.57. The summed E-state index contributed by atoms with van der Waals surface area (Å²) in [5, 5.41) is 6.75. The number of nitrogens with zero attached hydrogens (tertiary/aromatic N) is 3. The lowest BCUT2D eigenvalue weighted by Crippen LogP contribution is -2.30. The fourth-order valence-corrected chi connectivity index (χ4v) is 2.57. The van der Waals surface area contributed by atoms with Crippen LogP contribution in [0.3, 0.4) is 0 Å². The number of anilines is 1. The molecule has 0 aliphatic carbocycles. The number of nitrogens with one attached hydrogen (secondary N) is 1. The molecule has 1 heterocycles. The van der Waals surface area contributed by atoms with Crippen molar-refractivity contribution in [3.63, 3.8) is 0 Å². The van der Waals surface area contributed by atoms with Gasteiger partial charge in [-0.2, -0.15) is 5.10 Å². The Bertz CT molecular complexity index is 938. The van der Waals surface area contributed by atoms with Gasteiger partial charge in [0.1, 0.15) is 18.4 Å². The van der Waals surface area contributed by atoms with E-state index in [2.05, 4.69) is 15.4 Å². The molecule has 0 aliphatic heterocycles. The molecular formula is C21H22N4O4. The van der Waals surface area contributed by atoms with Crippen LogP contribution in [0.4, 0.5) is 5.69 Å². The first-order valence-corrected chi connectivity index (χ1v) is 9.21. The van der Waals surface area contributed by atoms with E-state index in [0.717, 1.165) is 11.3 Å². The van der Waals surface area contributed by atoms with Gasteiger partial charge < -0.3 is 14.8 Å². The summed E-state index contributed by atoms with van der Waals surface area (Å²) in [6.07, 6.45) is 2.14. The van der Waals surface area contributed by atoms with Crippen molar-refractivity contribution < 1.29 is 19.1 Å². The first kappa shape index (κ1) is 20.1. The van der Waals surface area contributed by atoms with Gasteiger partial charge in [0, 0.05) is 5.69 Å². The molecule has 1 atom stereocenters. The maximum atomic E-state index is 12.3. The van der Waals surface area contributed by atoms with Crippen LogP contribution in [0.15, 0.2) is 61.2 Å². The summed E-state index contributed by atoms with van der Waals surface area (Å²) in [6.45, 7) is 4.55. The molecule has 0 spiro atoms. The minimum Gasteiger partial charge on any atom is -0.494 e. The minimum absolute atomic E-state index is 0.369. The number of esters is 1. The van der Waals surface area contributed by atoms with Gasteiger partial charge in [0.15, 0.2) is 6.10 Å². The number of hydrogen-bond acceptors (Lipinski definition) is 6. The third-order valence-electron chi connectivity index (χ3n) is 4.09. The van der Waals surface area contributed by atoms with Crippen molar-refractivity contribution in [2.45, 2.75) is 26.5 Å². The Morgan fingerprint density at radius 2 is 1.83 bits per heavy atom. The number of carbonyl (C=O) groups excluding carboxylic acids is 2. The number of carbonyl (C=O) groups is 2. The van der Waals surface area contributed by atoms with Gasteiger partial charge in [-0.1, -0.05) is 12.1 Å². The zero-order valence-corrected chi connectivity index (χ0v) is 16.2. The number of amides is 1. The molecule has 2 aromatic carbocycles. The second-order valence-electron chi connectivity index (χ2n) is 6.28. The summed E-state index contributed by atoms with van der Waals surface area (Å²) in [4.78, 5) is 28.5. The quantitative estimate of drug-likeness (QED) is 0.590. The lowest BCUT2D eigenvalue weighted by molar-refractivity contribution is -0.123. The van der Waals surface area contributed by atoms with Gasteiger partial charge in [0.25, 0.3) is 5.91 Å². The maximum Gasteiger partial charge on any atom is 0.338 e. The van der Waals surface area contributed by atoms with Crippen LogP contribution < -0.4 is 10.1 Å². The summed E-state index contributed by atoms with van der Waals surface area (Å²) in [5.41, 5.74) is 1.93. The van der Waals surface area contributed by atoms with Crippen molar-refractivity contribution in [3.05, 3.63) is 72.3 Å². The number of aromatic nitrogens is 3. The molecule has 0 aliphatic rings. The third-order valence-corrected chi connectivity index (χ3v) is 4.09. The maximum absolute atomic E-state index is 12.3. The van der Waals surface area contributed by atoms with Crippen molar-refractivity contribution in [1.29, 1.82) is 0 Å². The molecule has 1 amide bonds. The first-order chi connectivity index (χ1) is 14.0. The molecule has 0 bridgehead atoms. The Labute approximate surface area is 168 Å². The topological polar surface area (TPSA) is 95.3 Å². The summed E-state index contributed by atoms with van der Waals surface area (Å²) >= 11 is 0. The molecule has 3 aromatic rings. The molecule has 8 heteroatoms. The van der Waals surface area contributed by atoms with Crippen LogP contribution in [0.1, 0.15) is 29.8 Å². The van der Waals surface area contributed by atoms with E-state index in [1.165, 1.54) is 13.3 Å². The summed E-state index contributed by atoms with van der Waals surface area (Å²) in [6, 6.07) is 13.9. The van der Waals surface area contributed by atoms with Crippen molar-refractivity contribution in [3.8, 4) is 5.75 Å².